The number of piperidine rings is 1. The molecule has 5 nitrogen and oxygen atoms in total. The van der Waals surface area contributed by atoms with Gasteiger partial charge in [0.1, 0.15) is 6.33 Å². The summed E-state index contributed by atoms with van der Waals surface area (Å²) >= 11 is 0. The van der Waals surface area contributed by atoms with E-state index in [2.05, 4.69) is 20.6 Å². The van der Waals surface area contributed by atoms with Crippen molar-refractivity contribution in [1.29, 1.82) is 0 Å². The van der Waals surface area contributed by atoms with Gasteiger partial charge in [-0.15, -0.1) is 12.4 Å². The molecule has 1 aromatic heterocycles. The zero-order valence-electron chi connectivity index (χ0n) is 9.77. The number of amides is 1. The van der Waals surface area contributed by atoms with Gasteiger partial charge in [0, 0.05) is 18.8 Å². The summed E-state index contributed by atoms with van der Waals surface area (Å²) in [4.78, 5) is 19.8. The van der Waals surface area contributed by atoms with Crippen molar-refractivity contribution in [3.8, 4) is 0 Å². The van der Waals surface area contributed by atoms with Crippen LogP contribution in [0.3, 0.4) is 0 Å². The first-order valence-corrected chi connectivity index (χ1v) is 5.55. The Hall–Kier alpha value is -1.20. The van der Waals surface area contributed by atoms with Crippen LogP contribution in [0.15, 0.2) is 12.5 Å². The number of rotatable bonds is 2. The van der Waals surface area contributed by atoms with Crippen LogP contribution < -0.4 is 10.6 Å². The number of carbonyl (C=O) groups is 1. The number of carbonyl (C=O) groups excluding carboxylic acids is 1. The van der Waals surface area contributed by atoms with E-state index in [1.807, 2.05) is 6.92 Å². The van der Waals surface area contributed by atoms with Crippen LogP contribution in [0, 0.1) is 6.92 Å². The molecular formula is C11H17ClN4O. The highest BCUT2D eigenvalue weighted by Gasteiger charge is 2.17. The standard InChI is InChI=1S/C11H16N4O.ClH/c1-8-10(6-13-7-14-8)11(16)15-9-3-2-4-12-5-9;/h6-7,9,12H,2-5H2,1H3,(H,15,16);1H/t9-;/m0./s1. The van der Waals surface area contributed by atoms with Crippen LogP contribution in [0.5, 0.6) is 0 Å². The third-order valence-corrected chi connectivity index (χ3v) is 2.79. The van der Waals surface area contributed by atoms with E-state index in [1.54, 1.807) is 6.20 Å². The fraction of sp³-hybridized carbons (Fsp3) is 0.545. The lowest BCUT2D eigenvalue weighted by molar-refractivity contribution is 0.0929. The van der Waals surface area contributed by atoms with Crippen LogP contribution in [0.2, 0.25) is 0 Å². The molecule has 2 heterocycles. The molecule has 1 aliphatic rings. The molecule has 1 amide bonds. The summed E-state index contributed by atoms with van der Waals surface area (Å²) in [5.74, 6) is -0.0770. The Bertz CT molecular complexity index is 379. The number of nitrogens with zero attached hydrogens (tertiary/aromatic N) is 2. The van der Waals surface area contributed by atoms with Crippen molar-refractivity contribution in [2.45, 2.75) is 25.8 Å². The van der Waals surface area contributed by atoms with Crippen molar-refractivity contribution < 1.29 is 4.79 Å². The Balaban J connectivity index is 0.00000144. The van der Waals surface area contributed by atoms with Crippen LogP contribution in [-0.4, -0.2) is 35.0 Å². The minimum atomic E-state index is -0.0770. The van der Waals surface area contributed by atoms with Gasteiger partial charge in [-0.05, 0) is 26.3 Å². The lowest BCUT2D eigenvalue weighted by atomic mass is 10.1. The van der Waals surface area contributed by atoms with Crippen molar-refractivity contribution in [1.82, 2.24) is 20.6 Å². The fourth-order valence-corrected chi connectivity index (χ4v) is 1.85. The predicted octanol–water partition coefficient (Wildman–Crippen LogP) is 0.689. The van der Waals surface area contributed by atoms with Gasteiger partial charge in [-0.25, -0.2) is 9.97 Å². The molecule has 1 aromatic rings. The second-order valence-corrected chi connectivity index (χ2v) is 4.04. The number of aryl methyl sites for hydroxylation is 1. The number of nitrogens with one attached hydrogen (secondary N) is 2. The van der Waals surface area contributed by atoms with E-state index in [9.17, 15) is 4.79 Å². The van der Waals surface area contributed by atoms with Gasteiger partial charge in [0.25, 0.3) is 5.91 Å². The summed E-state index contributed by atoms with van der Waals surface area (Å²) in [6, 6.07) is 0.223. The SMILES string of the molecule is Cc1ncncc1C(=O)N[C@H]1CCCNC1.Cl. The molecular weight excluding hydrogens is 240 g/mol. The molecule has 0 radical (unpaired) electrons. The van der Waals surface area contributed by atoms with Crippen LogP contribution in [0.25, 0.3) is 0 Å². The Kier molecular flexibility index (Phi) is 5.31. The average Bonchev–Trinajstić information content (AvgIpc) is 2.31. The van der Waals surface area contributed by atoms with E-state index in [4.69, 9.17) is 0 Å². The van der Waals surface area contributed by atoms with Gasteiger partial charge in [0.15, 0.2) is 0 Å². The molecule has 2 N–H and O–H groups in total. The van der Waals surface area contributed by atoms with E-state index in [0.29, 0.717) is 5.56 Å². The summed E-state index contributed by atoms with van der Waals surface area (Å²) < 4.78 is 0. The van der Waals surface area contributed by atoms with E-state index in [1.165, 1.54) is 6.33 Å². The van der Waals surface area contributed by atoms with Crippen molar-refractivity contribution >= 4 is 18.3 Å². The monoisotopic (exact) mass is 256 g/mol. The summed E-state index contributed by atoms with van der Waals surface area (Å²) in [5, 5.41) is 6.25. The highest BCUT2D eigenvalue weighted by Crippen LogP contribution is 2.05. The molecule has 0 aromatic carbocycles. The van der Waals surface area contributed by atoms with Crippen LogP contribution in [0.1, 0.15) is 28.9 Å². The van der Waals surface area contributed by atoms with E-state index < -0.39 is 0 Å². The molecule has 6 heteroatoms. The van der Waals surface area contributed by atoms with E-state index in [-0.39, 0.29) is 24.4 Å². The first kappa shape index (κ1) is 13.9. The largest absolute Gasteiger partial charge is 0.348 e. The van der Waals surface area contributed by atoms with Gasteiger partial charge in [-0.1, -0.05) is 0 Å². The average molecular weight is 257 g/mol. The summed E-state index contributed by atoms with van der Waals surface area (Å²) in [7, 11) is 0. The molecule has 0 bridgehead atoms. The first-order valence-electron chi connectivity index (χ1n) is 5.55. The zero-order chi connectivity index (χ0) is 11.4. The lowest BCUT2D eigenvalue weighted by Gasteiger charge is -2.23. The normalized spacial score (nSPS) is 19.2. The molecule has 1 saturated heterocycles. The van der Waals surface area contributed by atoms with Gasteiger partial charge in [0.2, 0.25) is 0 Å². The number of aromatic nitrogens is 2. The molecule has 1 atom stereocenters. The van der Waals surface area contributed by atoms with Crippen molar-refractivity contribution in [3.63, 3.8) is 0 Å². The molecule has 1 aliphatic heterocycles. The molecule has 17 heavy (non-hydrogen) atoms. The predicted molar refractivity (Wildman–Crippen MR) is 67.4 cm³/mol. The number of hydrogen-bond acceptors (Lipinski definition) is 4. The minimum Gasteiger partial charge on any atom is -0.348 e. The maximum absolute atomic E-state index is 11.9. The van der Waals surface area contributed by atoms with E-state index >= 15 is 0 Å². The second-order valence-electron chi connectivity index (χ2n) is 4.04. The highest BCUT2D eigenvalue weighted by atomic mass is 35.5. The van der Waals surface area contributed by atoms with Crippen LogP contribution >= 0.6 is 12.4 Å². The number of halogens is 1. The molecule has 0 spiro atoms. The fourth-order valence-electron chi connectivity index (χ4n) is 1.85. The van der Waals surface area contributed by atoms with Crippen molar-refractivity contribution in [2.75, 3.05) is 13.1 Å². The van der Waals surface area contributed by atoms with Crippen molar-refractivity contribution in [3.05, 3.63) is 23.8 Å². The Labute approximate surface area is 107 Å². The Morgan fingerprint density at radius 1 is 1.59 bits per heavy atom. The van der Waals surface area contributed by atoms with Crippen LogP contribution in [0.4, 0.5) is 0 Å². The van der Waals surface area contributed by atoms with Gasteiger partial charge >= 0.3 is 0 Å². The maximum atomic E-state index is 11.9. The molecule has 0 saturated carbocycles. The topological polar surface area (TPSA) is 66.9 Å². The summed E-state index contributed by atoms with van der Waals surface area (Å²) in [5.41, 5.74) is 1.28. The molecule has 0 unspecified atom stereocenters. The summed E-state index contributed by atoms with van der Waals surface area (Å²) in [6.07, 6.45) is 5.16. The first-order chi connectivity index (χ1) is 7.77. The van der Waals surface area contributed by atoms with Crippen molar-refractivity contribution in [2.24, 2.45) is 0 Å². The van der Waals surface area contributed by atoms with Gasteiger partial charge in [-0.3, -0.25) is 4.79 Å². The molecule has 0 aliphatic carbocycles. The second kappa shape index (κ2) is 6.51. The quantitative estimate of drug-likeness (QED) is 0.817. The highest BCUT2D eigenvalue weighted by molar-refractivity contribution is 5.95. The van der Waals surface area contributed by atoms with Gasteiger partial charge < -0.3 is 10.6 Å². The minimum absolute atomic E-state index is 0. The Morgan fingerprint density at radius 2 is 2.41 bits per heavy atom. The maximum Gasteiger partial charge on any atom is 0.254 e. The molecule has 94 valence electrons. The Morgan fingerprint density at radius 3 is 3.06 bits per heavy atom. The number of hydrogen-bond donors (Lipinski definition) is 2. The smallest absolute Gasteiger partial charge is 0.254 e. The zero-order valence-corrected chi connectivity index (χ0v) is 10.6. The third kappa shape index (κ3) is 3.64. The third-order valence-electron chi connectivity index (χ3n) is 2.79. The summed E-state index contributed by atoms with van der Waals surface area (Å²) in [6.45, 7) is 3.70. The molecule has 2 rings (SSSR count). The van der Waals surface area contributed by atoms with E-state index in [0.717, 1.165) is 31.6 Å². The van der Waals surface area contributed by atoms with Gasteiger partial charge in [0.05, 0.1) is 11.3 Å². The van der Waals surface area contributed by atoms with Crippen LogP contribution in [-0.2, 0) is 0 Å². The lowest BCUT2D eigenvalue weighted by Crippen LogP contribution is -2.45. The molecule has 1 fully saturated rings. The van der Waals surface area contributed by atoms with Gasteiger partial charge in [-0.2, -0.15) is 0 Å².